The van der Waals surface area contributed by atoms with Gasteiger partial charge < -0.3 is 14.6 Å². The van der Waals surface area contributed by atoms with E-state index in [4.69, 9.17) is 4.74 Å². The number of piperidine rings is 1. The van der Waals surface area contributed by atoms with Crippen molar-refractivity contribution >= 4 is 22.6 Å². The van der Waals surface area contributed by atoms with Gasteiger partial charge >= 0.3 is 0 Å². The van der Waals surface area contributed by atoms with Gasteiger partial charge in [0.15, 0.2) is 5.78 Å². The number of aromatic amines is 1. The summed E-state index contributed by atoms with van der Waals surface area (Å²) < 4.78 is 5.40. The van der Waals surface area contributed by atoms with Crippen LogP contribution < -0.4 is 4.74 Å². The Balaban J connectivity index is 1.34. The number of hydrogen-bond donors (Lipinski definition) is 1. The van der Waals surface area contributed by atoms with Crippen LogP contribution in [0.15, 0.2) is 79.0 Å². The van der Waals surface area contributed by atoms with Crippen LogP contribution in [-0.2, 0) is 0 Å². The van der Waals surface area contributed by atoms with Crippen LogP contribution in [0.3, 0.4) is 0 Å². The van der Waals surface area contributed by atoms with Gasteiger partial charge in [0, 0.05) is 41.3 Å². The van der Waals surface area contributed by atoms with Gasteiger partial charge in [-0.2, -0.15) is 0 Å². The van der Waals surface area contributed by atoms with Crippen LogP contribution >= 0.6 is 0 Å². The lowest BCUT2D eigenvalue weighted by molar-refractivity contribution is 0.0709. The molecule has 4 aromatic rings. The highest BCUT2D eigenvalue weighted by atomic mass is 16.5. The molecule has 0 aliphatic carbocycles. The van der Waals surface area contributed by atoms with Crippen molar-refractivity contribution in [1.82, 2.24) is 9.88 Å². The molecule has 1 saturated heterocycles. The molecule has 0 spiro atoms. The summed E-state index contributed by atoms with van der Waals surface area (Å²) in [5, 5.41) is 1.18. The van der Waals surface area contributed by atoms with Crippen molar-refractivity contribution in [2.24, 2.45) is 0 Å². The van der Waals surface area contributed by atoms with Crippen LogP contribution in [0.5, 0.6) is 5.75 Å². The molecule has 2 heterocycles. The molecule has 3 aromatic carbocycles. The Kier molecular flexibility index (Phi) is 5.69. The van der Waals surface area contributed by atoms with Crippen LogP contribution in [0, 0.1) is 0 Å². The Morgan fingerprint density at radius 3 is 2.33 bits per heavy atom. The maximum Gasteiger partial charge on any atom is 0.254 e. The number of ether oxygens (including phenoxy) is 1. The van der Waals surface area contributed by atoms with Crippen molar-refractivity contribution in [3.63, 3.8) is 0 Å². The normalized spacial score (nSPS) is 14.4. The summed E-state index contributed by atoms with van der Waals surface area (Å²) in [7, 11) is 1.68. The molecule has 1 aromatic heterocycles. The molecule has 0 atom stereocenters. The highest BCUT2D eigenvalue weighted by molar-refractivity contribution is 6.15. The molecule has 33 heavy (non-hydrogen) atoms. The largest absolute Gasteiger partial charge is 0.497 e. The number of ketones is 1. The third-order valence-electron chi connectivity index (χ3n) is 6.58. The Morgan fingerprint density at radius 2 is 1.61 bits per heavy atom. The second kappa shape index (κ2) is 8.94. The van der Waals surface area contributed by atoms with Crippen LogP contribution in [0.4, 0.5) is 0 Å². The average Bonchev–Trinajstić information content (AvgIpc) is 3.31. The van der Waals surface area contributed by atoms with Gasteiger partial charge in [-0.05, 0) is 48.6 Å². The summed E-state index contributed by atoms with van der Waals surface area (Å²) in [5.41, 5.74) is 3.89. The lowest BCUT2D eigenvalue weighted by Gasteiger charge is -2.32. The standard InChI is InChI=1S/C28H26N2O3/c1-33-21-11-12-26-24(17-21)25(18-29-26)19-13-15-30(16-14-19)28(32)23-10-6-5-9-22(23)27(31)20-7-3-2-4-8-20/h2-12,17-19,29H,13-16H2,1H3. The molecule has 5 rings (SSSR count). The van der Waals surface area contributed by atoms with Gasteiger partial charge in [0.1, 0.15) is 5.75 Å². The summed E-state index contributed by atoms with van der Waals surface area (Å²) in [6.45, 7) is 1.32. The molecular formula is C28H26N2O3. The summed E-state index contributed by atoms with van der Waals surface area (Å²) in [5.74, 6) is 1.02. The summed E-state index contributed by atoms with van der Waals surface area (Å²) in [6.07, 6.45) is 3.84. The van der Waals surface area contributed by atoms with E-state index in [2.05, 4.69) is 17.2 Å². The van der Waals surface area contributed by atoms with Gasteiger partial charge in [-0.25, -0.2) is 0 Å². The Labute approximate surface area is 193 Å². The number of benzene rings is 3. The number of fused-ring (bicyclic) bond motifs is 1. The second-order valence-electron chi connectivity index (χ2n) is 8.46. The molecule has 0 unspecified atom stereocenters. The monoisotopic (exact) mass is 438 g/mol. The fraction of sp³-hybridized carbons (Fsp3) is 0.214. The first-order chi connectivity index (χ1) is 16.2. The van der Waals surface area contributed by atoms with Gasteiger partial charge in [-0.15, -0.1) is 0 Å². The van der Waals surface area contributed by atoms with E-state index in [0.29, 0.717) is 35.7 Å². The zero-order valence-corrected chi connectivity index (χ0v) is 18.6. The second-order valence-corrected chi connectivity index (χ2v) is 8.46. The molecule has 1 aliphatic heterocycles. The number of H-pyrrole nitrogens is 1. The molecule has 166 valence electrons. The van der Waals surface area contributed by atoms with Gasteiger partial charge in [-0.1, -0.05) is 48.5 Å². The van der Waals surface area contributed by atoms with Gasteiger partial charge in [0.05, 0.1) is 12.7 Å². The highest BCUT2D eigenvalue weighted by Crippen LogP contribution is 2.35. The molecule has 5 heteroatoms. The average molecular weight is 439 g/mol. The first-order valence-corrected chi connectivity index (χ1v) is 11.3. The smallest absolute Gasteiger partial charge is 0.254 e. The number of nitrogens with zero attached hydrogens (tertiary/aromatic N) is 1. The van der Waals surface area contributed by atoms with Crippen LogP contribution in [0.2, 0.25) is 0 Å². The third-order valence-corrected chi connectivity index (χ3v) is 6.58. The van der Waals surface area contributed by atoms with Gasteiger partial charge in [0.2, 0.25) is 0 Å². The van der Waals surface area contributed by atoms with Crippen LogP contribution in [0.25, 0.3) is 10.9 Å². The first kappa shape index (κ1) is 21.0. The van der Waals surface area contributed by atoms with E-state index in [1.165, 1.54) is 10.9 Å². The fourth-order valence-corrected chi connectivity index (χ4v) is 4.76. The predicted octanol–water partition coefficient (Wildman–Crippen LogP) is 5.43. The Bertz CT molecular complexity index is 1300. The molecular weight excluding hydrogens is 412 g/mol. The van der Waals surface area contributed by atoms with E-state index >= 15 is 0 Å². The maximum atomic E-state index is 13.4. The summed E-state index contributed by atoms with van der Waals surface area (Å²) >= 11 is 0. The van der Waals surface area contributed by atoms with Crippen molar-refractivity contribution < 1.29 is 14.3 Å². The molecule has 5 nitrogen and oxygen atoms in total. The number of hydrogen-bond acceptors (Lipinski definition) is 3. The maximum absolute atomic E-state index is 13.4. The van der Waals surface area contributed by atoms with E-state index in [-0.39, 0.29) is 11.7 Å². The molecule has 1 aliphatic rings. The van der Waals surface area contributed by atoms with Crippen molar-refractivity contribution in [2.75, 3.05) is 20.2 Å². The number of rotatable bonds is 5. The lowest BCUT2D eigenvalue weighted by Crippen LogP contribution is -2.38. The van der Waals surface area contributed by atoms with Crippen molar-refractivity contribution in [2.45, 2.75) is 18.8 Å². The minimum absolute atomic E-state index is 0.0751. The molecule has 0 bridgehead atoms. The molecule has 0 saturated carbocycles. The fourth-order valence-electron chi connectivity index (χ4n) is 4.76. The van der Waals surface area contributed by atoms with Gasteiger partial charge in [-0.3, -0.25) is 9.59 Å². The SMILES string of the molecule is COc1ccc2[nH]cc(C3CCN(C(=O)c4ccccc4C(=O)c4ccccc4)CC3)c2c1. The van der Waals surface area contributed by atoms with Crippen molar-refractivity contribution in [3.8, 4) is 5.75 Å². The zero-order valence-electron chi connectivity index (χ0n) is 18.6. The predicted molar refractivity (Wildman–Crippen MR) is 129 cm³/mol. The molecule has 1 N–H and O–H groups in total. The quantitative estimate of drug-likeness (QED) is 0.423. The van der Waals surface area contributed by atoms with Crippen LogP contribution in [0.1, 0.15) is 50.6 Å². The number of methoxy groups -OCH3 is 1. The minimum Gasteiger partial charge on any atom is -0.497 e. The number of amides is 1. The molecule has 0 radical (unpaired) electrons. The topological polar surface area (TPSA) is 62.4 Å². The summed E-state index contributed by atoms with van der Waals surface area (Å²) in [4.78, 5) is 31.7. The Morgan fingerprint density at radius 1 is 0.909 bits per heavy atom. The number of nitrogens with one attached hydrogen (secondary N) is 1. The molecule has 1 amide bonds. The molecule has 1 fully saturated rings. The number of carbonyl (C=O) groups excluding carboxylic acids is 2. The van der Waals surface area contributed by atoms with E-state index in [1.54, 1.807) is 31.4 Å². The summed E-state index contributed by atoms with van der Waals surface area (Å²) in [6, 6.07) is 22.3. The van der Waals surface area contributed by atoms with E-state index in [1.807, 2.05) is 47.4 Å². The van der Waals surface area contributed by atoms with E-state index < -0.39 is 0 Å². The zero-order chi connectivity index (χ0) is 22.8. The highest BCUT2D eigenvalue weighted by Gasteiger charge is 2.28. The third kappa shape index (κ3) is 4.02. The minimum atomic E-state index is -0.123. The Hall–Kier alpha value is -3.86. The number of likely N-dealkylation sites (tertiary alicyclic amines) is 1. The van der Waals surface area contributed by atoms with Crippen LogP contribution in [-0.4, -0.2) is 41.8 Å². The van der Waals surface area contributed by atoms with Gasteiger partial charge in [0.25, 0.3) is 5.91 Å². The number of carbonyl (C=O) groups is 2. The van der Waals surface area contributed by atoms with Crippen molar-refractivity contribution in [1.29, 1.82) is 0 Å². The first-order valence-electron chi connectivity index (χ1n) is 11.3. The van der Waals surface area contributed by atoms with Crippen molar-refractivity contribution in [3.05, 3.63) is 101 Å². The lowest BCUT2D eigenvalue weighted by atomic mass is 9.88. The van der Waals surface area contributed by atoms with E-state index in [9.17, 15) is 9.59 Å². The number of aromatic nitrogens is 1. The van der Waals surface area contributed by atoms with E-state index in [0.717, 1.165) is 24.1 Å².